The number of amides is 2. The number of hydrogen-bond acceptors (Lipinski definition) is 6. The second-order valence-electron chi connectivity index (χ2n) is 10.6. The normalized spacial score (nSPS) is 19.3. The highest BCUT2D eigenvalue weighted by molar-refractivity contribution is 7.18. The zero-order valence-electron chi connectivity index (χ0n) is 22.1. The summed E-state index contributed by atoms with van der Waals surface area (Å²) in [6.07, 6.45) is 6.78. The first-order valence-corrected chi connectivity index (χ1v) is 14.5. The van der Waals surface area contributed by atoms with Gasteiger partial charge in [0.2, 0.25) is 11.8 Å². The van der Waals surface area contributed by atoms with E-state index in [4.69, 9.17) is 9.72 Å². The summed E-state index contributed by atoms with van der Waals surface area (Å²) >= 11 is 1.62. The van der Waals surface area contributed by atoms with Gasteiger partial charge in [0, 0.05) is 38.5 Å². The molecule has 0 radical (unpaired) electrons. The lowest BCUT2D eigenvalue weighted by molar-refractivity contribution is -0.129. The van der Waals surface area contributed by atoms with E-state index in [-0.39, 0.29) is 17.9 Å². The molecule has 2 N–H and O–H groups in total. The van der Waals surface area contributed by atoms with Crippen LogP contribution in [0, 0.1) is 5.92 Å². The van der Waals surface area contributed by atoms with Crippen LogP contribution in [0.5, 0.6) is 0 Å². The van der Waals surface area contributed by atoms with E-state index >= 15 is 0 Å². The van der Waals surface area contributed by atoms with Gasteiger partial charge >= 0.3 is 0 Å². The second-order valence-corrected chi connectivity index (χ2v) is 11.7. The molecule has 36 heavy (non-hydrogen) atoms. The van der Waals surface area contributed by atoms with Crippen molar-refractivity contribution in [3.05, 3.63) is 28.8 Å². The van der Waals surface area contributed by atoms with Gasteiger partial charge in [-0.15, -0.1) is 11.3 Å². The number of morpholine rings is 1. The van der Waals surface area contributed by atoms with Crippen LogP contribution in [0.3, 0.4) is 0 Å². The molecule has 1 aromatic carbocycles. The van der Waals surface area contributed by atoms with Crippen molar-refractivity contribution in [3.8, 4) is 0 Å². The molecule has 4 rings (SSSR count). The molecule has 1 aromatic heterocycles. The fourth-order valence-electron chi connectivity index (χ4n) is 5.31. The van der Waals surface area contributed by atoms with Crippen LogP contribution in [0.25, 0.3) is 10.2 Å². The Bertz CT molecular complexity index is 1010. The smallest absolute Gasteiger partial charge is 0.243 e. The van der Waals surface area contributed by atoms with Crippen molar-refractivity contribution in [3.63, 3.8) is 0 Å². The van der Waals surface area contributed by atoms with Crippen molar-refractivity contribution >= 4 is 33.4 Å². The van der Waals surface area contributed by atoms with Crippen LogP contribution in [0.15, 0.2) is 18.2 Å². The Labute approximate surface area is 219 Å². The largest absolute Gasteiger partial charge is 0.379 e. The summed E-state index contributed by atoms with van der Waals surface area (Å²) < 4.78 is 6.66. The topological polar surface area (TPSA) is 83.6 Å². The molecule has 8 heteroatoms. The summed E-state index contributed by atoms with van der Waals surface area (Å²) in [4.78, 5) is 33.2. The lowest BCUT2D eigenvalue weighted by Crippen LogP contribution is -2.56. The zero-order valence-corrected chi connectivity index (χ0v) is 22.9. The third-order valence-corrected chi connectivity index (χ3v) is 8.62. The van der Waals surface area contributed by atoms with Crippen molar-refractivity contribution in [2.24, 2.45) is 5.92 Å². The summed E-state index contributed by atoms with van der Waals surface area (Å²) in [5.41, 5.74) is 2.23. The molecule has 7 nitrogen and oxygen atoms in total. The molecule has 1 saturated carbocycles. The Morgan fingerprint density at radius 1 is 1.14 bits per heavy atom. The van der Waals surface area contributed by atoms with E-state index in [1.807, 2.05) is 6.92 Å². The maximum absolute atomic E-state index is 13.7. The number of carbonyl (C=O) groups is 2. The van der Waals surface area contributed by atoms with Crippen LogP contribution in [0.1, 0.15) is 75.8 Å². The van der Waals surface area contributed by atoms with Crippen LogP contribution in [-0.4, -0.2) is 66.6 Å². The van der Waals surface area contributed by atoms with Gasteiger partial charge in [-0.25, -0.2) is 4.98 Å². The molecule has 2 heterocycles. The predicted molar refractivity (Wildman–Crippen MR) is 145 cm³/mol. The minimum Gasteiger partial charge on any atom is -0.379 e. The highest BCUT2D eigenvalue weighted by atomic mass is 32.1. The van der Waals surface area contributed by atoms with Crippen molar-refractivity contribution < 1.29 is 14.3 Å². The van der Waals surface area contributed by atoms with Crippen LogP contribution in [-0.2, 0) is 20.7 Å². The van der Waals surface area contributed by atoms with E-state index in [2.05, 4.69) is 47.6 Å². The molecule has 1 saturated heterocycles. The number of rotatable bonds is 10. The zero-order chi connectivity index (χ0) is 25.5. The average Bonchev–Trinajstić information content (AvgIpc) is 3.30. The molecule has 2 fully saturated rings. The van der Waals surface area contributed by atoms with Gasteiger partial charge in [-0.05, 0) is 42.4 Å². The van der Waals surface area contributed by atoms with Gasteiger partial charge in [0.25, 0.3) is 0 Å². The Balaban J connectivity index is 1.50. The number of thiazole rings is 1. The third kappa shape index (κ3) is 7.26. The Morgan fingerprint density at radius 2 is 1.89 bits per heavy atom. The number of ether oxygens (including phenoxy) is 1. The second kappa shape index (κ2) is 13.0. The first kappa shape index (κ1) is 27.0. The highest BCUT2D eigenvalue weighted by Gasteiger charge is 2.31. The first-order valence-electron chi connectivity index (χ1n) is 13.7. The summed E-state index contributed by atoms with van der Waals surface area (Å²) in [5.74, 6) is 0.721. The number of fused-ring (bicyclic) bond motifs is 1. The van der Waals surface area contributed by atoms with E-state index < -0.39 is 6.04 Å². The fourth-order valence-corrected chi connectivity index (χ4v) is 6.37. The number of hydrogen-bond donors (Lipinski definition) is 2. The Hall–Kier alpha value is -2.03. The van der Waals surface area contributed by atoms with E-state index in [0.717, 1.165) is 60.9 Å². The minimum atomic E-state index is -0.627. The van der Waals surface area contributed by atoms with Gasteiger partial charge in [-0.1, -0.05) is 46.1 Å². The molecule has 2 atom stereocenters. The molecular weight excluding hydrogens is 472 g/mol. The van der Waals surface area contributed by atoms with Gasteiger partial charge in [0.05, 0.1) is 28.4 Å². The summed E-state index contributed by atoms with van der Waals surface area (Å²) in [7, 11) is 0. The van der Waals surface area contributed by atoms with Crippen LogP contribution >= 0.6 is 11.3 Å². The van der Waals surface area contributed by atoms with Crippen LogP contribution in [0.2, 0.25) is 0 Å². The van der Waals surface area contributed by atoms with E-state index in [1.54, 1.807) is 11.3 Å². The summed E-state index contributed by atoms with van der Waals surface area (Å²) in [6.45, 7) is 10.3. The molecule has 2 aromatic rings. The van der Waals surface area contributed by atoms with Crippen molar-refractivity contribution in [1.82, 2.24) is 20.5 Å². The van der Waals surface area contributed by atoms with E-state index in [1.165, 1.54) is 24.8 Å². The van der Waals surface area contributed by atoms with Gasteiger partial charge < -0.3 is 15.4 Å². The molecule has 2 aliphatic rings. The highest BCUT2D eigenvalue weighted by Crippen LogP contribution is 2.29. The number of nitrogens with one attached hydrogen (secondary N) is 2. The van der Waals surface area contributed by atoms with Gasteiger partial charge in [0.15, 0.2) is 0 Å². The van der Waals surface area contributed by atoms with Crippen molar-refractivity contribution in [1.29, 1.82) is 0 Å². The fraction of sp³-hybridized carbons (Fsp3) is 0.679. The van der Waals surface area contributed by atoms with Gasteiger partial charge in [0.1, 0.15) is 6.04 Å². The van der Waals surface area contributed by atoms with Crippen molar-refractivity contribution in [2.45, 2.75) is 83.7 Å². The maximum atomic E-state index is 13.7. The molecule has 2 unspecified atom stereocenters. The molecule has 198 valence electrons. The Kier molecular flexibility index (Phi) is 9.73. The molecular formula is C28H42N4O3S. The molecule has 1 aliphatic carbocycles. The van der Waals surface area contributed by atoms with Crippen LogP contribution in [0.4, 0.5) is 0 Å². The van der Waals surface area contributed by atoms with E-state index in [0.29, 0.717) is 24.7 Å². The predicted octanol–water partition coefficient (Wildman–Crippen LogP) is 4.25. The third-order valence-electron chi connectivity index (χ3n) is 7.58. The molecule has 2 amide bonds. The average molecular weight is 515 g/mol. The maximum Gasteiger partial charge on any atom is 0.243 e. The Morgan fingerprint density at radius 3 is 2.58 bits per heavy atom. The minimum absolute atomic E-state index is 0.0842. The quantitative estimate of drug-likeness (QED) is 0.495. The first-order chi connectivity index (χ1) is 17.4. The molecule has 0 spiro atoms. The number of nitrogens with zero attached hydrogens (tertiary/aromatic N) is 2. The standard InChI is InChI=1S/C28H42N4O3S/c1-4-26(33)29-23(17-27-30-22-11-10-21(19(2)3)16-25(22)36-27)28(34)31-24(20-8-6-5-7-9-20)18-32-12-14-35-15-13-32/h10-11,16,19-20,23-24H,4-9,12-15,17-18H2,1-3H3,(H,29,33)(H,31,34). The van der Waals surface area contributed by atoms with E-state index in [9.17, 15) is 9.59 Å². The molecule has 0 bridgehead atoms. The SMILES string of the molecule is CCC(=O)NC(Cc1nc2ccc(C(C)C)cc2s1)C(=O)NC(CN1CCOCC1)C1CCCCC1. The monoisotopic (exact) mass is 514 g/mol. The van der Waals surface area contributed by atoms with Gasteiger partial charge in [-0.2, -0.15) is 0 Å². The molecule has 1 aliphatic heterocycles. The number of carbonyl (C=O) groups excluding carboxylic acids is 2. The summed E-state index contributed by atoms with van der Waals surface area (Å²) in [5, 5.41) is 7.24. The lowest BCUT2D eigenvalue weighted by Gasteiger charge is -2.37. The number of benzene rings is 1. The van der Waals surface area contributed by atoms with Gasteiger partial charge in [-0.3, -0.25) is 14.5 Å². The number of aromatic nitrogens is 1. The summed E-state index contributed by atoms with van der Waals surface area (Å²) in [6, 6.07) is 5.84. The van der Waals surface area contributed by atoms with Crippen molar-refractivity contribution in [2.75, 3.05) is 32.8 Å². The van der Waals surface area contributed by atoms with Crippen LogP contribution < -0.4 is 10.6 Å². The lowest BCUT2D eigenvalue weighted by atomic mass is 9.83.